The normalized spacial score (nSPS) is 22.7. The van der Waals surface area contributed by atoms with Gasteiger partial charge < -0.3 is 15.4 Å². The monoisotopic (exact) mass is 290 g/mol. The molecule has 2 unspecified atom stereocenters. The fraction of sp³-hybridized carbons (Fsp3) is 0.588. The average molecular weight is 290 g/mol. The van der Waals surface area contributed by atoms with Crippen molar-refractivity contribution in [1.29, 1.82) is 0 Å². The standard InChI is InChI=1S/C17H26N2O2/c1-4-10-19-16(20)9-8-15(18)17(19)13-6-5-7-14(11-13)21-12(2)3/h5-7,11-12,15,17H,4,8-10,18H2,1-3H3. The molecular weight excluding hydrogens is 264 g/mol. The van der Waals surface area contributed by atoms with Gasteiger partial charge in [-0.3, -0.25) is 4.79 Å². The molecule has 1 aliphatic heterocycles. The SMILES string of the molecule is CCCN1C(=O)CCC(N)C1c1cccc(OC(C)C)c1. The Hall–Kier alpha value is -1.55. The summed E-state index contributed by atoms with van der Waals surface area (Å²) in [5.41, 5.74) is 7.38. The van der Waals surface area contributed by atoms with Crippen LogP contribution in [0.3, 0.4) is 0 Å². The van der Waals surface area contributed by atoms with Crippen LogP contribution in [0.1, 0.15) is 51.6 Å². The first-order valence-electron chi connectivity index (χ1n) is 7.84. The van der Waals surface area contributed by atoms with Gasteiger partial charge in [-0.05, 0) is 44.4 Å². The third-order valence-corrected chi connectivity index (χ3v) is 3.79. The summed E-state index contributed by atoms with van der Waals surface area (Å²) in [6, 6.07) is 7.93. The lowest BCUT2D eigenvalue weighted by atomic mass is 9.90. The molecule has 21 heavy (non-hydrogen) atoms. The molecule has 4 heteroatoms. The quantitative estimate of drug-likeness (QED) is 0.907. The van der Waals surface area contributed by atoms with E-state index in [0.29, 0.717) is 6.42 Å². The first-order valence-corrected chi connectivity index (χ1v) is 7.84. The predicted octanol–water partition coefficient (Wildman–Crippen LogP) is 2.87. The van der Waals surface area contributed by atoms with Crippen LogP contribution >= 0.6 is 0 Å². The second-order valence-corrected chi connectivity index (χ2v) is 5.97. The molecule has 0 aromatic heterocycles. The Bertz CT molecular complexity index is 487. The number of amides is 1. The molecule has 1 heterocycles. The Morgan fingerprint density at radius 2 is 2.19 bits per heavy atom. The lowest BCUT2D eigenvalue weighted by Crippen LogP contribution is -2.49. The van der Waals surface area contributed by atoms with Crippen LogP contribution in [0.15, 0.2) is 24.3 Å². The van der Waals surface area contributed by atoms with E-state index in [4.69, 9.17) is 10.5 Å². The second-order valence-electron chi connectivity index (χ2n) is 5.97. The summed E-state index contributed by atoms with van der Waals surface area (Å²) in [6.45, 7) is 6.85. The maximum atomic E-state index is 12.2. The lowest BCUT2D eigenvalue weighted by Gasteiger charge is -2.40. The molecule has 4 nitrogen and oxygen atoms in total. The molecule has 0 saturated carbocycles. The fourth-order valence-electron chi connectivity index (χ4n) is 2.95. The number of benzene rings is 1. The highest BCUT2D eigenvalue weighted by atomic mass is 16.5. The average Bonchev–Trinajstić information content (AvgIpc) is 2.43. The van der Waals surface area contributed by atoms with E-state index in [-0.39, 0.29) is 24.1 Å². The maximum absolute atomic E-state index is 12.2. The van der Waals surface area contributed by atoms with Gasteiger partial charge >= 0.3 is 0 Å². The molecule has 2 atom stereocenters. The summed E-state index contributed by atoms with van der Waals surface area (Å²) in [5.74, 6) is 1.04. The van der Waals surface area contributed by atoms with Gasteiger partial charge in [0.25, 0.3) is 0 Å². The molecule has 1 aromatic carbocycles. The first-order chi connectivity index (χ1) is 10.0. The van der Waals surface area contributed by atoms with Gasteiger partial charge in [0.15, 0.2) is 0 Å². The number of carbonyl (C=O) groups is 1. The van der Waals surface area contributed by atoms with Crippen LogP contribution in [0.4, 0.5) is 0 Å². The molecule has 1 saturated heterocycles. The number of carbonyl (C=O) groups excluding carboxylic acids is 1. The van der Waals surface area contributed by atoms with Crippen LogP contribution in [0.2, 0.25) is 0 Å². The summed E-state index contributed by atoms with van der Waals surface area (Å²) >= 11 is 0. The van der Waals surface area contributed by atoms with E-state index in [9.17, 15) is 4.79 Å². The third kappa shape index (κ3) is 3.76. The van der Waals surface area contributed by atoms with Crippen LogP contribution in [0, 0.1) is 0 Å². The molecule has 0 bridgehead atoms. The van der Waals surface area contributed by atoms with E-state index in [1.54, 1.807) is 0 Å². The van der Waals surface area contributed by atoms with Crippen LogP contribution in [-0.4, -0.2) is 29.5 Å². The van der Waals surface area contributed by atoms with Gasteiger partial charge in [0.05, 0.1) is 12.1 Å². The zero-order chi connectivity index (χ0) is 15.4. The first kappa shape index (κ1) is 15.8. The van der Waals surface area contributed by atoms with Gasteiger partial charge in [0, 0.05) is 19.0 Å². The number of hydrogen-bond donors (Lipinski definition) is 1. The Morgan fingerprint density at radius 3 is 2.86 bits per heavy atom. The molecule has 1 amide bonds. The Labute approximate surface area is 127 Å². The molecule has 1 aromatic rings. The van der Waals surface area contributed by atoms with E-state index < -0.39 is 0 Å². The molecule has 2 N–H and O–H groups in total. The van der Waals surface area contributed by atoms with E-state index in [2.05, 4.69) is 6.92 Å². The summed E-state index contributed by atoms with van der Waals surface area (Å²) in [7, 11) is 0. The number of hydrogen-bond acceptors (Lipinski definition) is 3. The van der Waals surface area contributed by atoms with E-state index in [1.807, 2.05) is 43.0 Å². The van der Waals surface area contributed by atoms with Gasteiger partial charge in [0.2, 0.25) is 5.91 Å². The molecule has 0 radical (unpaired) electrons. The minimum absolute atomic E-state index is 0.0106. The van der Waals surface area contributed by atoms with Gasteiger partial charge in [-0.15, -0.1) is 0 Å². The van der Waals surface area contributed by atoms with Crippen LogP contribution in [0.5, 0.6) is 5.75 Å². The highest BCUT2D eigenvalue weighted by molar-refractivity contribution is 5.78. The fourth-order valence-corrected chi connectivity index (χ4v) is 2.95. The van der Waals surface area contributed by atoms with Gasteiger partial charge in [-0.25, -0.2) is 0 Å². The minimum Gasteiger partial charge on any atom is -0.491 e. The van der Waals surface area contributed by atoms with Crippen molar-refractivity contribution < 1.29 is 9.53 Å². The highest BCUT2D eigenvalue weighted by Gasteiger charge is 2.34. The molecule has 1 fully saturated rings. The largest absolute Gasteiger partial charge is 0.491 e. The molecule has 1 aliphatic rings. The second kappa shape index (κ2) is 6.94. The maximum Gasteiger partial charge on any atom is 0.223 e. The molecular formula is C17H26N2O2. The summed E-state index contributed by atoms with van der Waals surface area (Å²) < 4.78 is 5.76. The smallest absolute Gasteiger partial charge is 0.223 e. The lowest BCUT2D eigenvalue weighted by molar-refractivity contribution is -0.137. The molecule has 116 valence electrons. The van der Waals surface area contributed by atoms with Crippen LogP contribution in [-0.2, 0) is 4.79 Å². The van der Waals surface area contributed by atoms with Crippen LogP contribution in [0.25, 0.3) is 0 Å². The Balaban J connectivity index is 2.29. The number of nitrogens with two attached hydrogens (primary N) is 1. The molecule has 0 spiro atoms. The summed E-state index contributed by atoms with van der Waals surface area (Å²) in [6.07, 6.45) is 2.38. The molecule has 2 rings (SSSR count). The van der Waals surface area contributed by atoms with Crippen molar-refractivity contribution >= 4 is 5.91 Å². The Morgan fingerprint density at radius 1 is 1.43 bits per heavy atom. The van der Waals surface area contributed by atoms with Gasteiger partial charge in [-0.2, -0.15) is 0 Å². The molecule has 0 aliphatic carbocycles. The number of nitrogens with zero attached hydrogens (tertiary/aromatic N) is 1. The van der Waals surface area contributed by atoms with Crippen molar-refractivity contribution in [3.63, 3.8) is 0 Å². The topological polar surface area (TPSA) is 55.6 Å². The van der Waals surface area contributed by atoms with Crippen molar-refractivity contribution in [2.75, 3.05) is 6.54 Å². The zero-order valence-corrected chi connectivity index (χ0v) is 13.2. The number of piperidine rings is 1. The number of ether oxygens (including phenoxy) is 1. The van der Waals surface area contributed by atoms with Crippen molar-refractivity contribution in [2.45, 2.75) is 58.2 Å². The van der Waals surface area contributed by atoms with Crippen LogP contribution < -0.4 is 10.5 Å². The summed E-state index contributed by atoms with van der Waals surface area (Å²) in [5, 5.41) is 0. The Kier molecular flexibility index (Phi) is 5.23. The number of rotatable bonds is 5. The zero-order valence-electron chi connectivity index (χ0n) is 13.2. The van der Waals surface area contributed by atoms with Crippen molar-refractivity contribution in [3.05, 3.63) is 29.8 Å². The predicted molar refractivity (Wildman–Crippen MR) is 84.2 cm³/mol. The van der Waals surface area contributed by atoms with Crippen molar-refractivity contribution in [2.24, 2.45) is 5.73 Å². The van der Waals surface area contributed by atoms with Gasteiger partial charge in [0.1, 0.15) is 5.75 Å². The minimum atomic E-state index is -0.0399. The highest BCUT2D eigenvalue weighted by Crippen LogP contribution is 2.32. The van der Waals surface area contributed by atoms with E-state index >= 15 is 0 Å². The third-order valence-electron chi connectivity index (χ3n) is 3.79. The van der Waals surface area contributed by atoms with E-state index in [0.717, 1.165) is 30.7 Å². The van der Waals surface area contributed by atoms with E-state index in [1.165, 1.54) is 0 Å². The van der Waals surface area contributed by atoms with Gasteiger partial charge in [-0.1, -0.05) is 19.1 Å². The number of likely N-dealkylation sites (tertiary alicyclic amines) is 1. The summed E-state index contributed by atoms with van der Waals surface area (Å²) in [4.78, 5) is 14.1. The van der Waals surface area contributed by atoms with Crippen molar-refractivity contribution in [3.8, 4) is 5.75 Å². The van der Waals surface area contributed by atoms with Crippen molar-refractivity contribution in [1.82, 2.24) is 4.90 Å².